The van der Waals surface area contributed by atoms with E-state index in [4.69, 9.17) is 4.42 Å². The highest BCUT2D eigenvalue weighted by molar-refractivity contribution is 9.10. The first kappa shape index (κ1) is 14.8. The molecule has 0 aliphatic heterocycles. The van der Waals surface area contributed by atoms with Gasteiger partial charge in [0.15, 0.2) is 0 Å². The Kier molecular flexibility index (Phi) is 3.76. The lowest BCUT2D eigenvalue weighted by molar-refractivity contribution is 0.560. The summed E-state index contributed by atoms with van der Waals surface area (Å²) in [6, 6.07) is 14.0. The topological polar surface area (TPSA) is 76.4 Å². The average molecular weight is 380 g/mol. The van der Waals surface area contributed by atoms with E-state index in [1.54, 1.807) is 24.3 Å². The van der Waals surface area contributed by atoms with Gasteiger partial charge in [-0.15, -0.1) is 0 Å². The van der Waals surface area contributed by atoms with Crippen molar-refractivity contribution in [2.45, 2.75) is 4.90 Å². The Morgan fingerprint density at radius 2 is 1.77 bits per heavy atom. The fourth-order valence-corrected chi connectivity index (χ4v) is 3.59. The molecule has 1 N–H and O–H groups in total. The minimum absolute atomic E-state index is 0.0876. The highest BCUT2D eigenvalue weighted by atomic mass is 79.9. The Morgan fingerprint density at radius 1 is 1.00 bits per heavy atom. The van der Waals surface area contributed by atoms with E-state index in [1.165, 1.54) is 30.3 Å². The van der Waals surface area contributed by atoms with Crippen LogP contribution in [0, 0.1) is 0 Å². The van der Waals surface area contributed by atoms with Crippen molar-refractivity contribution in [2.75, 3.05) is 4.72 Å². The van der Waals surface area contributed by atoms with Gasteiger partial charge in [-0.2, -0.15) is 0 Å². The normalized spacial score (nSPS) is 11.5. The third-order valence-corrected chi connectivity index (χ3v) is 5.07. The summed E-state index contributed by atoms with van der Waals surface area (Å²) in [6.45, 7) is 0. The predicted molar refractivity (Wildman–Crippen MR) is 87.4 cm³/mol. The molecule has 0 fully saturated rings. The Hall–Kier alpha value is -2.12. The summed E-state index contributed by atoms with van der Waals surface area (Å²) in [5.41, 5.74) is 0.309. The van der Waals surface area contributed by atoms with Crippen molar-refractivity contribution in [2.24, 2.45) is 0 Å². The summed E-state index contributed by atoms with van der Waals surface area (Å²) in [5.74, 6) is 0. The molecule has 0 amide bonds. The molecule has 1 heterocycles. The average Bonchev–Trinajstić information content (AvgIpc) is 2.49. The van der Waals surface area contributed by atoms with E-state index in [2.05, 4.69) is 20.7 Å². The summed E-state index contributed by atoms with van der Waals surface area (Å²) >= 11 is 3.29. The van der Waals surface area contributed by atoms with Crippen LogP contribution in [-0.4, -0.2) is 8.42 Å². The Labute approximate surface area is 134 Å². The van der Waals surface area contributed by atoms with Crippen LogP contribution in [0.5, 0.6) is 0 Å². The molecule has 7 heteroatoms. The van der Waals surface area contributed by atoms with Gasteiger partial charge in [0.25, 0.3) is 10.0 Å². The van der Waals surface area contributed by atoms with Crippen LogP contribution in [0.4, 0.5) is 5.69 Å². The van der Waals surface area contributed by atoms with Gasteiger partial charge in [-0.05, 0) is 52.3 Å². The molecular formula is C15H10BrNO4S. The van der Waals surface area contributed by atoms with Crippen molar-refractivity contribution in [3.63, 3.8) is 0 Å². The zero-order valence-corrected chi connectivity index (χ0v) is 13.5. The molecule has 22 heavy (non-hydrogen) atoms. The molecule has 0 aliphatic carbocycles. The zero-order chi connectivity index (χ0) is 15.7. The molecule has 0 saturated heterocycles. The molecule has 2 aromatic carbocycles. The quantitative estimate of drug-likeness (QED) is 0.707. The van der Waals surface area contributed by atoms with Gasteiger partial charge < -0.3 is 4.42 Å². The molecule has 0 atom stereocenters. The molecule has 112 valence electrons. The second kappa shape index (κ2) is 5.58. The molecule has 1 aromatic heterocycles. The minimum Gasteiger partial charge on any atom is -0.423 e. The Bertz CT molecular complexity index is 1010. The molecule has 0 radical (unpaired) electrons. The summed E-state index contributed by atoms with van der Waals surface area (Å²) in [7, 11) is -3.74. The molecule has 0 spiro atoms. The lowest BCUT2D eigenvalue weighted by atomic mass is 10.2. The van der Waals surface area contributed by atoms with Crippen LogP contribution in [0.25, 0.3) is 11.0 Å². The molecule has 0 bridgehead atoms. The van der Waals surface area contributed by atoms with Gasteiger partial charge in [0.1, 0.15) is 5.58 Å². The first-order valence-electron chi connectivity index (χ1n) is 6.27. The monoisotopic (exact) mass is 379 g/mol. The number of rotatable bonds is 3. The largest absolute Gasteiger partial charge is 0.423 e. The number of sulfonamides is 1. The third kappa shape index (κ3) is 2.90. The van der Waals surface area contributed by atoms with E-state index >= 15 is 0 Å². The van der Waals surface area contributed by atoms with Crippen LogP contribution in [-0.2, 0) is 10.0 Å². The van der Waals surface area contributed by atoms with Gasteiger partial charge >= 0.3 is 5.63 Å². The maximum atomic E-state index is 12.4. The number of anilines is 1. The van der Waals surface area contributed by atoms with Gasteiger partial charge in [0.2, 0.25) is 0 Å². The van der Waals surface area contributed by atoms with E-state index in [-0.39, 0.29) is 4.90 Å². The Balaban J connectivity index is 2.04. The van der Waals surface area contributed by atoms with Gasteiger partial charge in [-0.25, -0.2) is 13.2 Å². The lowest BCUT2D eigenvalue weighted by Crippen LogP contribution is -2.13. The maximum Gasteiger partial charge on any atom is 0.336 e. The molecule has 3 aromatic rings. The second-order valence-corrected chi connectivity index (χ2v) is 7.08. The van der Waals surface area contributed by atoms with Gasteiger partial charge in [0.05, 0.1) is 10.6 Å². The van der Waals surface area contributed by atoms with Crippen molar-refractivity contribution in [3.8, 4) is 0 Å². The van der Waals surface area contributed by atoms with Crippen molar-refractivity contribution >= 4 is 42.6 Å². The van der Waals surface area contributed by atoms with Crippen LogP contribution < -0.4 is 10.3 Å². The number of hydrogen-bond acceptors (Lipinski definition) is 4. The molecular weight excluding hydrogens is 370 g/mol. The van der Waals surface area contributed by atoms with Gasteiger partial charge in [0, 0.05) is 15.9 Å². The van der Waals surface area contributed by atoms with E-state index < -0.39 is 15.6 Å². The van der Waals surface area contributed by atoms with E-state index in [0.29, 0.717) is 21.1 Å². The first-order chi connectivity index (χ1) is 10.5. The van der Waals surface area contributed by atoms with Crippen molar-refractivity contribution in [3.05, 3.63) is 69.5 Å². The highest BCUT2D eigenvalue weighted by Crippen LogP contribution is 2.25. The highest BCUT2D eigenvalue weighted by Gasteiger charge is 2.16. The third-order valence-electron chi connectivity index (χ3n) is 3.02. The summed E-state index contributed by atoms with van der Waals surface area (Å²) in [6.07, 6.45) is 0. The SMILES string of the molecule is O=c1ccc2cc(S(=O)(=O)Nc3ccccc3Br)ccc2o1. The fraction of sp³-hybridized carbons (Fsp3) is 0. The van der Waals surface area contributed by atoms with Crippen LogP contribution in [0.1, 0.15) is 0 Å². The smallest absolute Gasteiger partial charge is 0.336 e. The van der Waals surface area contributed by atoms with Crippen molar-refractivity contribution in [1.29, 1.82) is 0 Å². The zero-order valence-electron chi connectivity index (χ0n) is 11.1. The maximum absolute atomic E-state index is 12.4. The predicted octanol–water partition coefficient (Wildman–Crippen LogP) is 3.36. The number of fused-ring (bicyclic) bond motifs is 1. The van der Waals surface area contributed by atoms with Crippen LogP contribution in [0.3, 0.4) is 0 Å². The Morgan fingerprint density at radius 3 is 2.55 bits per heavy atom. The summed E-state index contributed by atoms with van der Waals surface area (Å²) in [5, 5.41) is 0.537. The van der Waals surface area contributed by atoms with E-state index in [0.717, 1.165) is 0 Å². The van der Waals surface area contributed by atoms with Crippen LogP contribution in [0.2, 0.25) is 0 Å². The number of benzene rings is 2. The molecule has 3 rings (SSSR count). The second-order valence-electron chi connectivity index (χ2n) is 4.54. The summed E-state index contributed by atoms with van der Waals surface area (Å²) in [4.78, 5) is 11.2. The molecule has 5 nitrogen and oxygen atoms in total. The number of nitrogens with one attached hydrogen (secondary N) is 1. The molecule has 0 aliphatic rings. The van der Waals surface area contributed by atoms with E-state index in [1.807, 2.05) is 0 Å². The fourth-order valence-electron chi connectivity index (χ4n) is 1.96. The first-order valence-corrected chi connectivity index (χ1v) is 8.55. The number of para-hydroxylation sites is 1. The van der Waals surface area contributed by atoms with Gasteiger partial charge in [-0.3, -0.25) is 4.72 Å². The number of hydrogen-bond donors (Lipinski definition) is 1. The van der Waals surface area contributed by atoms with E-state index in [9.17, 15) is 13.2 Å². The standard InChI is InChI=1S/C15H10BrNO4S/c16-12-3-1-2-4-13(12)17-22(19,20)11-6-7-14-10(9-11)5-8-15(18)21-14/h1-9,17H. The lowest BCUT2D eigenvalue weighted by Gasteiger charge is -2.10. The molecule has 0 unspecified atom stereocenters. The summed E-state index contributed by atoms with van der Waals surface area (Å²) < 4.78 is 33.0. The van der Waals surface area contributed by atoms with Crippen LogP contribution >= 0.6 is 15.9 Å². The van der Waals surface area contributed by atoms with Gasteiger partial charge in [-0.1, -0.05) is 12.1 Å². The molecule has 0 saturated carbocycles. The van der Waals surface area contributed by atoms with Crippen molar-refractivity contribution in [1.82, 2.24) is 0 Å². The number of halogens is 1. The van der Waals surface area contributed by atoms with Crippen molar-refractivity contribution < 1.29 is 12.8 Å². The van der Waals surface area contributed by atoms with Crippen LogP contribution in [0.15, 0.2) is 73.2 Å². The minimum atomic E-state index is -3.74.